The summed E-state index contributed by atoms with van der Waals surface area (Å²) >= 11 is 10.0. The number of nitrogens with one attached hydrogen (secondary N) is 7. The molecule has 27 nitrogen and oxygen atoms in total. The molecule has 8 atom stereocenters. The summed E-state index contributed by atoms with van der Waals surface area (Å²) < 4.78 is 4.72. The molecule has 11 amide bonds. The van der Waals surface area contributed by atoms with E-state index in [0.717, 1.165) is 29.5 Å². The third kappa shape index (κ3) is 23.9. The first kappa shape index (κ1) is 69.6. The molecule has 19 N–H and O–H groups in total. The van der Waals surface area contributed by atoms with Gasteiger partial charge in [0.05, 0.1) is 13.5 Å². The normalized spacial score (nSPS) is 16.8. The van der Waals surface area contributed by atoms with Crippen LogP contribution in [0, 0.1) is 0 Å². The number of carbonyl (C=O) groups excluding carboxylic acids is 11. The van der Waals surface area contributed by atoms with Gasteiger partial charge in [0.1, 0.15) is 54.1 Å². The van der Waals surface area contributed by atoms with Crippen molar-refractivity contribution >= 4 is 101 Å². The van der Waals surface area contributed by atoms with Crippen LogP contribution in [0.25, 0.3) is 0 Å². The van der Waals surface area contributed by atoms with E-state index < -0.39 is 137 Å². The number of ether oxygens (including phenoxy) is 1. The summed E-state index contributed by atoms with van der Waals surface area (Å²) in [5.74, 6) is -9.12. The molecule has 1 saturated carbocycles. The van der Waals surface area contributed by atoms with Crippen molar-refractivity contribution < 1.29 is 57.5 Å². The van der Waals surface area contributed by atoms with Crippen LogP contribution in [0.2, 0.25) is 0 Å². The molecular formula is C56H83N15O12S2. The van der Waals surface area contributed by atoms with Crippen LogP contribution in [0.5, 0.6) is 5.75 Å². The Balaban J connectivity index is 1.55. The van der Waals surface area contributed by atoms with Crippen molar-refractivity contribution in [2.45, 2.75) is 169 Å². The number of hydrogen-bond donors (Lipinski definition) is 14. The zero-order valence-corrected chi connectivity index (χ0v) is 49.6. The lowest BCUT2D eigenvalue weighted by atomic mass is 9.85. The summed E-state index contributed by atoms with van der Waals surface area (Å²) in [6, 6.07) is 4.13. The lowest BCUT2D eigenvalue weighted by Crippen LogP contribution is -2.61. The first-order valence-corrected chi connectivity index (χ1v) is 29.3. The Bertz CT molecular complexity index is 2680. The van der Waals surface area contributed by atoms with Crippen LogP contribution in [-0.2, 0) is 65.6 Å². The van der Waals surface area contributed by atoms with Gasteiger partial charge in [-0.2, -0.15) is 12.6 Å². The summed E-state index contributed by atoms with van der Waals surface area (Å²) in [7, 11) is 1.50. The van der Waals surface area contributed by atoms with Crippen LogP contribution in [0.3, 0.4) is 0 Å². The molecule has 85 heavy (non-hydrogen) atoms. The van der Waals surface area contributed by atoms with Gasteiger partial charge >= 0.3 is 0 Å². The molecule has 2 aliphatic rings. The van der Waals surface area contributed by atoms with Crippen LogP contribution in [0.15, 0.2) is 59.6 Å². The van der Waals surface area contributed by atoms with E-state index in [-0.39, 0.29) is 64.0 Å². The number of hydrogen-bond acceptors (Lipinski definition) is 16. The van der Waals surface area contributed by atoms with Crippen molar-refractivity contribution in [2.75, 3.05) is 26.7 Å². The van der Waals surface area contributed by atoms with Gasteiger partial charge < -0.3 is 81.3 Å². The van der Waals surface area contributed by atoms with Crippen molar-refractivity contribution in [2.24, 2.45) is 39.4 Å². The third-order valence-corrected chi connectivity index (χ3v) is 15.4. The van der Waals surface area contributed by atoms with Gasteiger partial charge in [-0.1, -0.05) is 73.9 Å². The van der Waals surface area contributed by atoms with Crippen LogP contribution in [0.4, 0.5) is 0 Å². The fraction of sp³-hybridized carbons (Fsp3) is 0.554. The van der Waals surface area contributed by atoms with E-state index in [0.29, 0.717) is 55.5 Å². The highest BCUT2D eigenvalue weighted by Crippen LogP contribution is 2.36. The van der Waals surface area contributed by atoms with E-state index in [9.17, 15) is 52.7 Å². The SMILES string of the molecule is COc1ccc(C[C@H](NC(=O)CC2(S)CCCCC2)C(=O)N[C@@H](Cc2ccccc2)C(=O)N[C@@H](CCC(N)=O)C(=O)N[C@@H](CC(N)=O)C(=O)N[C@@H](C=S)C(=O)N2CCC[C@H]2C(=O)N[C@@H](CCCN=C(N)N)C(=O)N[C@@H](CCCCN)C(N)=O)cc1. The number of aliphatic imine (C=N–C) groups is 1. The molecule has 1 aliphatic carbocycles. The number of methoxy groups -OCH3 is 1. The number of unbranched alkanes of at least 4 members (excludes halogenated alkanes) is 1. The zero-order valence-electron chi connectivity index (χ0n) is 47.9. The maximum atomic E-state index is 14.5. The molecule has 2 fully saturated rings. The number of nitrogens with two attached hydrogens (primary N) is 6. The van der Waals surface area contributed by atoms with Gasteiger partial charge in [-0.25, -0.2) is 0 Å². The fourth-order valence-electron chi connectivity index (χ4n) is 9.96. The maximum absolute atomic E-state index is 14.5. The van der Waals surface area contributed by atoms with Gasteiger partial charge in [0.2, 0.25) is 59.1 Å². The largest absolute Gasteiger partial charge is 0.497 e. The molecule has 1 saturated heterocycles. The van der Waals surface area contributed by atoms with Crippen LogP contribution < -0.4 is 76.4 Å². The summed E-state index contributed by atoms with van der Waals surface area (Å²) in [4.78, 5) is 155. The number of nitrogens with zero attached hydrogens (tertiary/aromatic N) is 2. The van der Waals surface area contributed by atoms with Gasteiger partial charge in [-0.3, -0.25) is 57.7 Å². The van der Waals surface area contributed by atoms with E-state index in [4.69, 9.17) is 64.0 Å². The minimum Gasteiger partial charge on any atom is -0.497 e. The smallest absolute Gasteiger partial charge is 0.250 e. The topological polar surface area (TPSA) is 453 Å². The molecule has 1 heterocycles. The Morgan fingerprint density at radius 3 is 1.79 bits per heavy atom. The van der Waals surface area contributed by atoms with Crippen molar-refractivity contribution in [3.05, 3.63) is 65.7 Å². The number of thiol groups is 1. The average molecular weight is 1220 g/mol. The van der Waals surface area contributed by atoms with Gasteiger partial charge in [0, 0.05) is 48.9 Å². The van der Waals surface area contributed by atoms with E-state index >= 15 is 0 Å². The third-order valence-electron chi connectivity index (χ3n) is 14.5. The molecule has 0 radical (unpaired) electrons. The summed E-state index contributed by atoms with van der Waals surface area (Å²) in [5, 5.41) is 19.1. The molecule has 0 spiro atoms. The molecule has 1 aliphatic heterocycles. The molecule has 2 aromatic rings. The number of primary amides is 3. The first-order valence-electron chi connectivity index (χ1n) is 28.3. The fourth-order valence-corrected chi connectivity index (χ4v) is 10.6. The second kappa shape index (κ2) is 35.4. The number of rotatable bonds is 36. The second-order valence-electron chi connectivity index (χ2n) is 21.3. The zero-order chi connectivity index (χ0) is 62.6. The number of benzene rings is 2. The maximum Gasteiger partial charge on any atom is 0.250 e. The average Bonchev–Trinajstić information content (AvgIpc) is 3.43. The highest BCUT2D eigenvalue weighted by molar-refractivity contribution is 7.81. The van der Waals surface area contributed by atoms with Crippen LogP contribution >= 0.6 is 24.8 Å². The van der Waals surface area contributed by atoms with Crippen LogP contribution in [0.1, 0.15) is 114 Å². The van der Waals surface area contributed by atoms with Gasteiger partial charge in [0.25, 0.3) is 5.91 Å². The molecule has 2 aromatic carbocycles. The van der Waals surface area contributed by atoms with Crippen LogP contribution in [-0.4, -0.2) is 161 Å². The Morgan fingerprint density at radius 1 is 0.659 bits per heavy atom. The Hall–Kier alpha value is -7.92. The Kier molecular flexibility index (Phi) is 29.0. The summed E-state index contributed by atoms with van der Waals surface area (Å²) in [5.41, 5.74) is 34.4. The highest BCUT2D eigenvalue weighted by atomic mass is 32.1. The van der Waals surface area contributed by atoms with E-state index in [1.165, 1.54) is 7.11 Å². The van der Waals surface area contributed by atoms with Crippen molar-refractivity contribution in [1.29, 1.82) is 0 Å². The predicted octanol–water partition coefficient (Wildman–Crippen LogP) is -2.30. The van der Waals surface area contributed by atoms with Gasteiger partial charge in [-0.05, 0) is 94.0 Å². The minimum absolute atomic E-state index is 0.000533. The molecule has 4 rings (SSSR count). The van der Waals surface area contributed by atoms with Gasteiger partial charge in [-0.15, -0.1) is 0 Å². The van der Waals surface area contributed by atoms with Crippen molar-refractivity contribution in [3.63, 3.8) is 0 Å². The Labute approximate surface area is 504 Å². The lowest BCUT2D eigenvalue weighted by Gasteiger charge is -2.32. The molecule has 29 heteroatoms. The summed E-state index contributed by atoms with van der Waals surface area (Å²) in [6.07, 6.45) is 4.24. The molecule has 466 valence electrons. The number of likely N-dealkylation sites (tertiary alicyclic amines) is 1. The predicted molar refractivity (Wildman–Crippen MR) is 322 cm³/mol. The minimum atomic E-state index is -1.83. The van der Waals surface area contributed by atoms with Crippen molar-refractivity contribution in [3.8, 4) is 5.75 Å². The monoisotopic (exact) mass is 1220 g/mol. The lowest BCUT2D eigenvalue weighted by molar-refractivity contribution is -0.141. The second-order valence-corrected chi connectivity index (χ2v) is 22.5. The summed E-state index contributed by atoms with van der Waals surface area (Å²) in [6.45, 7) is 0.436. The van der Waals surface area contributed by atoms with Gasteiger partial charge in [0.15, 0.2) is 5.96 Å². The Morgan fingerprint density at radius 2 is 1.21 bits per heavy atom. The molecule has 0 unspecified atom stereocenters. The highest BCUT2D eigenvalue weighted by Gasteiger charge is 2.40. The molecular weight excluding hydrogens is 1140 g/mol. The molecule has 0 aromatic heterocycles. The first-order chi connectivity index (χ1) is 40.4. The number of guanidine groups is 1. The number of thiocarbonyl (C=S) groups is 1. The van der Waals surface area contributed by atoms with E-state index in [1.54, 1.807) is 54.6 Å². The van der Waals surface area contributed by atoms with E-state index in [1.807, 2.05) is 0 Å². The van der Waals surface area contributed by atoms with E-state index in [2.05, 4.69) is 42.2 Å². The molecule has 0 bridgehead atoms. The van der Waals surface area contributed by atoms with Crippen molar-refractivity contribution in [1.82, 2.24) is 42.1 Å². The number of carbonyl (C=O) groups is 11. The number of amides is 11. The standard InChI is InChI=1S/C56H83N15O12S2/c1-83-35-19-17-34(18-20-35)29-39(64-46(74)31-56(85)23-7-3-8-24-56)50(78)68-40(28-33-12-4-2-5-13-33)51(79)66-38(21-22-44(58)72)49(77)69-41(30-45(59)73)52(80)70-42(32-84)54(82)71-27-11-16-43(71)53(81)67-37(15-10-26-63-55(61)62)48(76)65-36(47(60)75)14-6-9-25-57/h2,4-5,12-13,17-20,32,36-43,85H,3,6-11,14-16,21-31,57H2,1H3,(H2,58,72)(H2,59,73)(H2,60,75)(H,64,74)(H,65,76)(H,66,79)(H,67,81)(H,68,78)(H,69,77)(H,70,80)(H4,61,62,63)/t36-,37-,38-,39-,40-,41-,42-,43-/m0/s1. The quantitative estimate of drug-likeness (QED) is 0.0112.